The Morgan fingerprint density at radius 1 is 1.37 bits per heavy atom. The van der Waals surface area contributed by atoms with Crippen LogP contribution in [0.15, 0.2) is 18.2 Å². The second-order valence-electron chi connectivity index (χ2n) is 4.95. The lowest BCUT2D eigenvalue weighted by Gasteiger charge is -2.11. The normalized spacial score (nSPS) is 17.3. The highest BCUT2D eigenvalue weighted by Gasteiger charge is 2.22. The van der Waals surface area contributed by atoms with E-state index in [1.165, 1.54) is 31.1 Å². The maximum Gasteiger partial charge on any atom is 0.123 e. The Hall–Kier alpha value is -0.740. The molecule has 1 aliphatic heterocycles. The van der Waals surface area contributed by atoms with Crippen LogP contribution >= 0.6 is 11.8 Å². The maximum atomic E-state index is 13.1. The standard InChI is InChI=1S/C15H22FNOS/c1-19-8-4-2-3-7-17-11-14-10-12-9-13(16)5-6-15(12)18-14/h5-6,9,14,17H,2-4,7-8,10-11H2,1H3. The van der Waals surface area contributed by atoms with Crippen molar-refractivity contribution in [2.75, 3.05) is 25.1 Å². The molecule has 0 aromatic heterocycles. The Kier molecular flexibility index (Phi) is 5.98. The predicted octanol–water partition coefficient (Wildman–Crippen LogP) is 3.25. The van der Waals surface area contributed by atoms with E-state index in [0.29, 0.717) is 0 Å². The Labute approximate surface area is 119 Å². The molecule has 4 heteroatoms. The maximum absolute atomic E-state index is 13.1. The Morgan fingerprint density at radius 2 is 2.26 bits per heavy atom. The van der Waals surface area contributed by atoms with Crippen molar-refractivity contribution in [1.82, 2.24) is 5.32 Å². The summed E-state index contributed by atoms with van der Waals surface area (Å²) >= 11 is 1.91. The number of hydrogen-bond acceptors (Lipinski definition) is 3. The van der Waals surface area contributed by atoms with E-state index in [2.05, 4.69) is 11.6 Å². The van der Waals surface area contributed by atoms with Gasteiger partial charge in [-0.2, -0.15) is 11.8 Å². The molecule has 0 spiro atoms. The van der Waals surface area contributed by atoms with Gasteiger partial charge in [-0.3, -0.25) is 0 Å². The van der Waals surface area contributed by atoms with Crippen LogP contribution in [0.4, 0.5) is 4.39 Å². The average molecular weight is 283 g/mol. The topological polar surface area (TPSA) is 21.3 Å². The third-order valence-electron chi connectivity index (χ3n) is 3.34. The van der Waals surface area contributed by atoms with Gasteiger partial charge in [-0.05, 0) is 49.6 Å². The second-order valence-corrected chi connectivity index (χ2v) is 5.94. The highest BCUT2D eigenvalue weighted by atomic mass is 32.2. The molecule has 19 heavy (non-hydrogen) atoms. The summed E-state index contributed by atoms with van der Waals surface area (Å²) in [5.41, 5.74) is 0.992. The van der Waals surface area contributed by atoms with Crippen LogP contribution in [0.25, 0.3) is 0 Å². The van der Waals surface area contributed by atoms with Gasteiger partial charge in [-0.25, -0.2) is 4.39 Å². The van der Waals surface area contributed by atoms with Crippen molar-refractivity contribution in [3.8, 4) is 5.75 Å². The smallest absolute Gasteiger partial charge is 0.123 e. The summed E-state index contributed by atoms with van der Waals surface area (Å²) in [5.74, 6) is 1.92. The van der Waals surface area contributed by atoms with Gasteiger partial charge in [0.05, 0.1) is 0 Å². The number of fused-ring (bicyclic) bond motifs is 1. The van der Waals surface area contributed by atoms with E-state index < -0.39 is 0 Å². The number of unbranched alkanes of at least 4 members (excludes halogenated alkanes) is 2. The first-order valence-corrected chi connectivity index (χ1v) is 8.33. The van der Waals surface area contributed by atoms with Crippen LogP contribution < -0.4 is 10.1 Å². The molecule has 2 nitrogen and oxygen atoms in total. The number of nitrogens with one attached hydrogen (secondary N) is 1. The molecule has 0 aliphatic carbocycles. The van der Waals surface area contributed by atoms with Gasteiger partial charge < -0.3 is 10.1 Å². The monoisotopic (exact) mass is 283 g/mol. The minimum Gasteiger partial charge on any atom is -0.488 e. The zero-order valence-electron chi connectivity index (χ0n) is 11.5. The molecular weight excluding hydrogens is 261 g/mol. The minimum atomic E-state index is -0.176. The van der Waals surface area contributed by atoms with Crippen molar-refractivity contribution in [3.63, 3.8) is 0 Å². The molecule has 1 N–H and O–H groups in total. The lowest BCUT2D eigenvalue weighted by Crippen LogP contribution is -2.30. The number of halogens is 1. The van der Waals surface area contributed by atoms with Crippen molar-refractivity contribution >= 4 is 11.8 Å². The Balaban J connectivity index is 1.59. The van der Waals surface area contributed by atoms with Gasteiger partial charge in [0, 0.05) is 18.5 Å². The number of rotatable bonds is 8. The lowest BCUT2D eigenvalue weighted by atomic mass is 10.1. The first kappa shape index (κ1) is 14.7. The Morgan fingerprint density at radius 3 is 3.11 bits per heavy atom. The summed E-state index contributed by atoms with van der Waals surface area (Å²) < 4.78 is 18.8. The number of thioether (sulfide) groups is 1. The van der Waals surface area contributed by atoms with E-state index in [9.17, 15) is 4.39 Å². The van der Waals surface area contributed by atoms with Crippen molar-refractivity contribution in [1.29, 1.82) is 0 Å². The van der Waals surface area contributed by atoms with E-state index in [-0.39, 0.29) is 11.9 Å². The molecule has 0 bridgehead atoms. The van der Waals surface area contributed by atoms with E-state index in [4.69, 9.17) is 4.74 Å². The molecule has 0 saturated heterocycles. The van der Waals surface area contributed by atoms with E-state index in [1.807, 2.05) is 11.8 Å². The summed E-state index contributed by atoms with van der Waals surface area (Å²) in [6, 6.07) is 4.77. The van der Waals surface area contributed by atoms with Crippen LogP contribution in [0, 0.1) is 5.82 Å². The van der Waals surface area contributed by atoms with E-state index in [1.54, 1.807) is 12.1 Å². The largest absolute Gasteiger partial charge is 0.488 e. The summed E-state index contributed by atoms with van der Waals surface area (Å²) in [5, 5.41) is 3.43. The van der Waals surface area contributed by atoms with E-state index >= 15 is 0 Å². The molecule has 1 aromatic carbocycles. The fraction of sp³-hybridized carbons (Fsp3) is 0.600. The van der Waals surface area contributed by atoms with Crippen LogP contribution in [-0.4, -0.2) is 31.2 Å². The number of hydrogen-bond donors (Lipinski definition) is 1. The summed E-state index contributed by atoms with van der Waals surface area (Å²) in [4.78, 5) is 0. The molecule has 0 amide bonds. The summed E-state index contributed by atoms with van der Waals surface area (Å²) in [6.07, 6.45) is 6.92. The second kappa shape index (κ2) is 7.75. The van der Waals surface area contributed by atoms with E-state index in [0.717, 1.165) is 30.8 Å². The molecular formula is C15H22FNOS. The number of ether oxygens (including phenoxy) is 1. The summed E-state index contributed by atoms with van der Waals surface area (Å²) in [7, 11) is 0. The predicted molar refractivity (Wildman–Crippen MR) is 79.6 cm³/mol. The molecule has 106 valence electrons. The van der Waals surface area contributed by atoms with Gasteiger partial charge in [-0.15, -0.1) is 0 Å². The first-order chi connectivity index (χ1) is 9.29. The third kappa shape index (κ3) is 4.69. The van der Waals surface area contributed by atoms with Crippen molar-refractivity contribution in [2.24, 2.45) is 0 Å². The highest BCUT2D eigenvalue weighted by molar-refractivity contribution is 7.98. The van der Waals surface area contributed by atoms with Gasteiger partial charge in [0.1, 0.15) is 17.7 Å². The molecule has 1 aliphatic rings. The zero-order valence-corrected chi connectivity index (χ0v) is 12.3. The van der Waals surface area contributed by atoms with Gasteiger partial charge in [-0.1, -0.05) is 6.42 Å². The average Bonchev–Trinajstić information content (AvgIpc) is 2.79. The lowest BCUT2D eigenvalue weighted by molar-refractivity contribution is 0.227. The van der Waals surface area contributed by atoms with Crippen LogP contribution in [0.3, 0.4) is 0 Å². The summed E-state index contributed by atoms with van der Waals surface area (Å²) in [6.45, 7) is 1.89. The van der Waals surface area contributed by atoms with Crippen molar-refractivity contribution in [3.05, 3.63) is 29.6 Å². The van der Waals surface area contributed by atoms with Crippen LogP contribution in [0.2, 0.25) is 0 Å². The fourth-order valence-corrected chi connectivity index (χ4v) is 2.83. The first-order valence-electron chi connectivity index (χ1n) is 6.94. The Bertz CT molecular complexity index is 400. The fourth-order valence-electron chi connectivity index (χ4n) is 2.34. The minimum absolute atomic E-state index is 0.156. The SMILES string of the molecule is CSCCCCCNCC1Cc2cc(F)ccc2O1. The molecule has 0 fully saturated rings. The van der Waals surface area contributed by atoms with Crippen molar-refractivity contribution < 1.29 is 9.13 Å². The van der Waals surface area contributed by atoms with Gasteiger partial charge in [0.2, 0.25) is 0 Å². The molecule has 1 aromatic rings. The van der Waals surface area contributed by atoms with Crippen LogP contribution in [0.1, 0.15) is 24.8 Å². The third-order valence-corrected chi connectivity index (χ3v) is 4.03. The number of benzene rings is 1. The van der Waals surface area contributed by atoms with Gasteiger partial charge >= 0.3 is 0 Å². The van der Waals surface area contributed by atoms with Crippen LogP contribution in [0.5, 0.6) is 5.75 Å². The quantitative estimate of drug-likeness (QED) is 0.740. The molecule has 1 atom stereocenters. The molecule has 2 rings (SSSR count). The van der Waals surface area contributed by atoms with Gasteiger partial charge in [0.25, 0.3) is 0 Å². The zero-order chi connectivity index (χ0) is 13.5. The molecule has 0 saturated carbocycles. The van der Waals surface area contributed by atoms with Crippen molar-refractivity contribution in [2.45, 2.75) is 31.8 Å². The van der Waals surface area contributed by atoms with Crippen LogP contribution in [-0.2, 0) is 6.42 Å². The van der Waals surface area contributed by atoms with Gasteiger partial charge in [0.15, 0.2) is 0 Å². The highest BCUT2D eigenvalue weighted by Crippen LogP contribution is 2.28. The molecule has 1 unspecified atom stereocenters. The molecule has 0 radical (unpaired) electrons. The molecule has 1 heterocycles.